The maximum Gasteiger partial charge on any atom is 0.418 e. The molecule has 1 rings (SSSR count). The molecule has 0 bridgehead atoms. The number of cyclic esters (lactones) is 1. The van der Waals surface area contributed by atoms with Gasteiger partial charge >= 0.3 is 6.09 Å². The molecule has 4 heteroatoms. The molecular weight excluding hydrogens is 134 g/mol. The lowest BCUT2D eigenvalue weighted by Gasteiger charge is -2.03. The van der Waals surface area contributed by atoms with Gasteiger partial charge in [-0.3, -0.25) is 4.79 Å². The third kappa shape index (κ3) is 0.935. The zero-order valence-electron chi connectivity index (χ0n) is 5.16. The average molecular weight is 139 g/mol. The number of amides is 2. The first-order chi connectivity index (χ1) is 4.75. The number of carbonyl (C=O) groups is 2. The first kappa shape index (κ1) is 6.62. The number of carbonyl (C=O) groups excluding carboxylic acids is 2. The van der Waals surface area contributed by atoms with Crippen LogP contribution < -0.4 is 0 Å². The Morgan fingerprint density at radius 3 is 2.80 bits per heavy atom. The van der Waals surface area contributed by atoms with E-state index in [1.165, 1.54) is 0 Å². The fraction of sp³-hybridized carbons (Fsp3) is 0.333. The van der Waals surface area contributed by atoms with Crippen molar-refractivity contribution in [3.05, 3.63) is 0 Å². The highest BCUT2D eigenvalue weighted by atomic mass is 16.6. The standard InChI is InChI=1S/C6H5NO3/c1-2-3-7-5(8)4-10-6(7)9/h1H,3-4H2. The molecule has 0 aromatic heterocycles. The summed E-state index contributed by atoms with van der Waals surface area (Å²) in [5.41, 5.74) is 0. The Bertz CT molecular complexity index is 200. The van der Waals surface area contributed by atoms with Gasteiger partial charge in [0.2, 0.25) is 0 Å². The second-order valence-corrected chi connectivity index (χ2v) is 1.74. The summed E-state index contributed by atoms with van der Waals surface area (Å²) >= 11 is 0. The molecule has 0 aromatic carbocycles. The van der Waals surface area contributed by atoms with Gasteiger partial charge in [0.15, 0.2) is 6.61 Å². The predicted octanol–water partition coefficient (Wildman–Crippen LogP) is -0.402. The summed E-state index contributed by atoms with van der Waals surface area (Å²) in [6.45, 7) is -0.182. The molecule has 0 unspecified atom stereocenters. The maximum absolute atomic E-state index is 10.7. The van der Waals surface area contributed by atoms with Crippen LogP contribution in [-0.2, 0) is 9.53 Å². The Hall–Kier alpha value is -1.50. The van der Waals surface area contributed by atoms with Gasteiger partial charge in [-0.2, -0.15) is 0 Å². The molecule has 0 saturated carbocycles. The summed E-state index contributed by atoms with van der Waals surface area (Å²) in [5, 5.41) is 0. The second kappa shape index (κ2) is 2.40. The molecule has 0 aromatic rings. The van der Waals surface area contributed by atoms with E-state index in [2.05, 4.69) is 10.7 Å². The topological polar surface area (TPSA) is 46.6 Å². The lowest BCUT2D eigenvalue weighted by atomic mass is 10.5. The van der Waals surface area contributed by atoms with Crippen molar-refractivity contribution in [1.82, 2.24) is 4.90 Å². The van der Waals surface area contributed by atoms with Crippen molar-refractivity contribution in [2.75, 3.05) is 13.2 Å². The summed E-state index contributed by atoms with van der Waals surface area (Å²) in [5.74, 6) is 1.80. The number of imide groups is 1. The van der Waals surface area contributed by atoms with Crippen LogP contribution in [0.2, 0.25) is 0 Å². The first-order valence-electron chi connectivity index (χ1n) is 2.66. The zero-order valence-corrected chi connectivity index (χ0v) is 5.16. The minimum absolute atomic E-state index is 0.00231. The molecule has 0 spiro atoms. The van der Waals surface area contributed by atoms with E-state index in [9.17, 15) is 9.59 Å². The van der Waals surface area contributed by atoms with Crippen molar-refractivity contribution in [2.24, 2.45) is 0 Å². The van der Waals surface area contributed by atoms with Crippen LogP contribution in [0.1, 0.15) is 0 Å². The minimum Gasteiger partial charge on any atom is -0.439 e. The van der Waals surface area contributed by atoms with Crippen LogP contribution >= 0.6 is 0 Å². The van der Waals surface area contributed by atoms with Crippen molar-refractivity contribution in [2.45, 2.75) is 0 Å². The lowest BCUT2D eigenvalue weighted by Crippen LogP contribution is -2.29. The number of hydrogen-bond acceptors (Lipinski definition) is 3. The summed E-state index contributed by atoms with van der Waals surface area (Å²) < 4.78 is 4.37. The van der Waals surface area contributed by atoms with Crippen molar-refractivity contribution < 1.29 is 14.3 Å². The van der Waals surface area contributed by atoms with Crippen LogP contribution in [0, 0.1) is 12.3 Å². The second-order valence-electron chi connectivity index (χ2n) is 1.74. The van der Waals surface area contributed by atoms with E-state index < -0.39 is 6.09 Å². The molecule has 52 valence electrons. The molecule has 4 nitrogen and oxygen atoms in total. The van der Waals surface area contributed by atoms with E-state index in [1.807, 2.05) is 0 Å². The molecule has 1 fully saturated rings. The van der Waals surface area contributed by atoms with Gasteiger partial charge in [0.25, 0.3) is 5.91 Å². The third-order valence-corrected chi connectivity index (χ3v) is 1.09. The zero-order chi connectivity index (χ0) is 7.56. The molecular formula is C6H5NO3. The van der Waals surface area contributed by atoms with Crippen molar-refractivity contribution in [3.8, 4) is 12.3 Å². The van der Waals surface area contributed by atoms with Gasteiger partial charge in [-0.1, -0.05) is 5.92 Å². The summed E-state index contributed by atoms with van der Waals surface area (Å²) in [7, 11) is 0. The quantitative estimate of drug-likeness (QED) is 0.464. The van der Waals surface area contributed by atoms with Crippen molar-refractivity contribution in [1.29, 1.82) is 0 Å². The van der Waals surface area contributed by atoms with Crippen molar-refractivity contribution in [3.63, 3.8) is 0 Å². The Labute approximate surface area is 57.8 Å². The Balaban J connectivity index is 2.65. The maximum atomic E-state index is 10.7. The van der Waals surface area contributed by atoms with Crippen LogP contribution in [-0.4, -0.2) is 30.1 Å². The molecule has 1 saturated heterocycles. The van der Waals surface area contributed by atoms with Gasteiger partial charge in [-0.15, -0.1) is 6.42 Å². The molecule has 0 N–H and O–H groups in total. The van der Waals surface area contributed by atoms with Crippen LogP contribution in [0.4, 0.5) is 4.79 Å². The summed E-state index contributed by atoms with van der Waals surface area (Å²) in [6.07, 6.45) is 4.23. The van der Waals surface area contributed by atoms with E-state index in [0.29, 0.717) is 0 Å². The fourth-order valence-electron chi connectivity index (χ4n) is 0.625. The Morgan fingerprint density at radius 2 is 2.40 bits per heavy atom. The number of ether oxygens (including phenoxy) is 1. The van der Waals surface area contributed by atoms with Gasteiger partial charge in [0.1, 0.15) is 0 Å². The molecule has 0 aliphatic carbocycles. The summed E-state index contributed by atoms with van der Waals surface area (Å²) in [6, 6.07) is 0. The van der Waals surface area contributed by atoms with Crippen LogP contribution in [0.25, 0.3) is 0 Å². The predicted molar refractivity (Wildman–Crippen MR) is 31.9 cm³/mol. The van der Waals surface area contributed by atoms with E-state index >= 15 is 0 Å². The highest BCUT2D eigenvalue weighted by Crippen LogP contribution is 2.02. The first-order valence-corrected chi connectivity index (χ1v) is 2.66. The van der Waals surface area contributed by atoms with Gasteiger partial charge in [0.05, 0.1) is 6.54 Å². The van der Waals surface area contributed by atoms with Crippen LogP contribution in [0.3, 0.4) is 0 Å². The van der Waals surface area contributed by atoms with Crippen LogP contribution in [0.15, 0.2) is 0 Å². The molecule has 0 atom stereocenters. The van der Waals surface area contributed by atoms with Gasteiger partial charge in [-0.05, 0) is 0 Å². The molecule has 1 aliphatic heterocycles. The molecule has 0 radical (unpaired) electrons. The van der Waals surface area contributed by atoms with E-state index in [-0.39, 0.29) is 19.1 Å². The Kier molecular flexibility index (Phi) is 1.59. The van der Waals surface area contributed by atoms with E-state index in [4.69, 9.17) is 6.42 Å². The molecule has 10 heavy (non-hydrogen) atoms. The minimum atomic E-state index is -0.650. The number of terminal acetylenes is 1. The molecule has 2 amide bonds. The monoisotopic (exact) mass is 139 g/mol. The van der Waals surface area contributed by atoms with Gasteiger partial charge in [0, 0.05) is 0 Å². The Morgan fingerprint density at radius 1 is 1.70 bits per heavy atom. The third-order valence-electron chi connectivity index (χ3n) is 1.09. The van der Waals surface area contributed by atoms with Gasteiger partial charge in [-0.25, -0.2) is 9.69 Å². The SMILES string of the molecule is C#CCN1C(=O)COC1=O. The summed E-state index contributed by atoms with van der Waals surface area (Å²) in [4.78, 5) is 22.1. The molecule has 1 aliphatic rings. The smallest absolute Gasteiger partial charge is 0.418 e. The normalized spacial score (nSPS) is 16.9. The van der Waals surface area contributed by atoms with Crippen LogP contribution in [0.5, 0.6) is 0 Å². The average Bonchev–Trinajstić information content (AvgIpc) is 2.20. The largest absolute Gasteiger partial charge is 0.439 e. The number of rotatable bonds is 1. The fourth-order valence-corrected chi connectivity index (χ4v) is 0.625. The highest BCUT2D eigenvalue weighted by molar-refractivity contribution is 5.98. The highest BCUT2D eigenvalue weighted by Gasteiger charge is 2.29. The van der Waals surface area contributed by atoms with Crippen molar-refractivity contribution >= 4 is 12.0 Å². The number of hydrogen-bond donors (Lipinski definition) is 0. The van der Waals surface area contributed by atoms with E-state index in [0.717, 1.165) is 4.90 Å². The van der Waals surface area contributed by atoms with E-state index in [1.54, 1.807) is 0 Å². The molecule has 1 heterocycles. The van der Waals surface area contributed by atoms with Gasteiger partial charge < -0.3 is 4.74 Å². The lowest BCUT2D eigenvalue weighted by molar-refractivity contribution is -0.125. The number of nitrogens with zero attached hydrogens (tertiary/aromatic N) is 1.